The summed E-state index contributed by atoms with van der Waals surface area (Å²) in [6.07, 6.45) is 2.42. The van der Waals surface area contributed by atoms with E-state index in [1.807, 2.05) is 6.07 Å². The molecule has 1 atom stereocenters. The summed E-state index contributed by atoms with van der Waals surface area (Å²) < 4.78 is 4.71. The van der Waals surface area contributed by atoms with E-state index < -0.39 is 11.9 Å². The number of ketones is 1. The van der Waals surface area contributed by atoms with Gasteiger partial charge in [-0.1, -0.05) is 18.2 Å². The van der Waals surface area contributed by atoms with Crippen LogP contribution >= 0.6 is 0 Å². The molecule has 140 valence electrons. The van der Waals surface area contributed by atoms with Gasteiger partial charge in [-0.2, -0.15) is 5.10 Å². The number of carbonyl (C=O) groups is 3. The fourth-order valence-electron chi connectivity index (χ4n) is 2.04. The van der Waals surface area contributed by atoms with Crippen molar-refractivity contribution in [3.63, 3.8) is 0 Å². The molecular weight excluding hydrogens is 336 g/mol. The fourth-order valence-corrected chi connectivity index (χ4v) is 2.04. The highest BCUT2D eigenvalue weighted by Crippen LogP contribution is 2.11. The minimum absolute atomic E-state index is 0.0752. The summed E-state index contributed by atoms with van der Waals surface area (Å²) in [6, 6.07) is 8.32. The molecular formula is C18H24N4O4. The van der Waals surface area contributed by atoms with Gasteiger partial charge in [-0.25, -0.2) is 10.2 Å². The number of amides is 3. The van der Waals surface area contributed by atoms with Gasteiger partial charge in [-0.05, 0) is 19.1 Å². The minimum atomic E-state index is -0.781. The number of anilines is 1. The zero-order valence-corrected chi connectivity index (χ0v) is 15.4. The Kier molecular flexibility index (Phi) is 8.56. The molecule has 0 aliphatic rings. The third-order valence-corrected chi connectivity index (χ3v) is 3.40. The molecule has 8 nitrogen and oxygen atoms in total. The number of ether oxygens (including phenoxy) is 1. The first-order valence-electron chi connectivity index (χ1n) is 7.94. The van der Waals surface area contributed by atoms with Crippen LogP contribution in [0, 0.1) is 5.92 Å². The van der Waals surface area contributed by atoms with Gasteiger partial charge in [-0.15, -0.1) is 0 Å². The standard InChI is InChI=1S/C18H24N4O4/c1-13(20-21-18(25)19-14-8-6-5-7-9-14)16(17(24)22(2)3)12-15(23)10-11-26-4/h5-11,16H,12H2,1-4H3,(H2,19,21,25)/b11-10+,20-13+. The molecule has 0 spiro atoms. The summed E-state index contributed by atoms with van der Waals surface area (Å²) in [5.74, 6) is -1.35. The lowest BCUT2D eigenvalue weighted by atomic mass is 9.96. The Morgan fingerprint density at radius 1 is 1.23 bits per heavy atom. The lowest BCUT2D eigenvalue weighted by molar-refractivity contribution is -0.132. The van der Waals surface area contributed by atoms with Gasteiger partial charge in [0.25, 0.3) is 0 Å². The number of nitrogens with zero attached hydrogens (tertiary/aromatic N) is 2. The molecule has 0 aliphatic heterocycles. The van der Waals surface area contributed by atoms with Crippen LogP contribution < -0.4 is 10.7 Å². The molecule has 1 unspecified atom stereocenters. The Hall–Kier alpha value is -3.16. The van der Waals surface area contributed by atoms with Gasteiger partial charge < -0.3 is 15.0 Å². The summed E-state index contributed by atoms with van der Waals surface area (Å²) in [5.41, 5.74) is 3.27. The van der Waals surface area contributed by atoms with E-state index in [-0.39, 0.29) is 18.1 Å². The number of para-hydroxylation sites is 1. The van der Waals surface area contributed by atoms with Crippen LogP contribution in [0.15, 0.2) is 47.8 Å². The van der Waals surface area contributed by atoms with Crippen LogP contribution in [0.2, 0.25) is 0 Å². The van der Waals surface area contributed by atoms with Crippen LogP contribution in [-0.4, -0.2) is 49.5 Å². The molecule has 1 rings (SSSR count). The molecule has 0 radical (unpaired) electrons. The Morgan fingerprint density at radius 3 is 2.46 bits per heavy atom. The number of methoxy groups -OCH3 is 1. The Balaban J connectivity index is 2.79. The van der Waals surface area contributed by atoms with Gasteiger partial charge in [-0.3, -0.25) is 9.59 Å². The molecule has 26 heavy (non-hydrogen) atoms. The normalized spacial score (nSPS) is 12.4. The zero-order valence-electron chi connectivity index (χ0n) is 15.4. The summed E-state index contributed by atoms with van der Waals surface area (Å²) in [7, 11) is 4.61. The van der Waals surface area contributed by atoms with Gasteiger partial charge in [0.2, 0.25) is 5.91 Å². The average molecular weight is 360 g/mol. The van der Waals surface area contributed by atoms with E-state index in [0.29, 0.717) is 11.4 Å². The summed E-state index contributed by atoms with van der Waals surface area (Å²) in [4.78, 5) is 37.5. The number of benzene rings is 1. The van der Waals surface area contributed by atoms with Crippen molar-refractivity contribution in [2.24, 2.45) is 11.0 Å². The molecule has 0 fully saturated rings. The second-order valence-corrected chi connectivity index (χ2v) is 5.68. The maximum atomic E-state index is 12.3. The summed E-state index contributed by atoms with van der Waals surface area (Å²) >= 11 is 0. The fraction of sp³-hybridized carbons (Fsp3) is 0.333. The minimum Gasteiger partial charge on any atom is -0.504 e. The zero-order chi connectivity index (χ0) is 19.5. The number of hydrogen-bond donors (Lipinski definition) is 2. The SMILES string of the molecule is CO/C=C/C(=O)CC(C(=O)N(C)C)/C(C)=N/NC(=O)Nc1ccccc1. The van der Waals surface area contributed by atoms with Crippen molar-refractivity contribution < 1.29 is 19.1 Å². The average Bonchev–Trinajstić information content (AvgIpc) is 2.62. The van der Waals surface area contributed by atoms with Crippen LogP contribution in [0.25, 0.3) is 0 Å². The van der Waals surface area contributed by atoms with Crippen LogP contribution in [0.3, 0.4) is 0 Å². The number of urea groups is 1. The van der Waals surface area contributed by atoms with Crippen molar-refractivity contribution >= 4 is 29.1 Å². The van der Waals surface area contributed by atoms with Gasteiger partial charge in [0.1, 0.15) is 0 Å². The highest BCUT2D eigenvalue weighted by atomic mass is 16.5. The summed E-state index contributed by atoms with van der Waals surface area (Å²) in [5, 5.41) is 6.57. The number of rotatable bonds is 8. The number of allylic oxidation sites excluding steroid dienone is 1. The van der Waals surface area contributed by atoms with Crippen molar-refractivity contribution in [2.45, 2.75) is 13.3 Å². The molecule has 0 saturated carbocycles. The number of nitrogens with one attached hydrogen (secondary N) is 2. The second-order valence-electron chi connectivity index (χ2n) is 5.68. The number of hydrogen-bond acceptors (Lipinski definition) is 5. The van der Waals surface area contributed by atoms with Crippen LogP contribution in [-0.2, 0) is 14.3 Å². The van der Waals surface area contributed by atoms with Crippen molar-refractivity contribution in [1.29, 1.82) is 0 Å². The lowest BCUT2D eigenvalue weighted by Gasteiger charge is -2.19. The van der Waals surface area contributed by atoms with Gasteiger partial charge in [0.15, 0.2) is 5.78 Å². The van der Waals surface area contributed by atoms with E-state index in [1.54, 1.807) is 45.3 Å². The maximum absolute atomic E-state index is 12.3. The first-order chi connectivity index (χ1) is 12.3. The molecule has 0 bridgehead atoms. The van der Waals surface area contributed by atoms with Crippen LogP contribution in [0.5, 0.6) is 0 Å². The largest absolute Gasteiger partial charge is 0.504 e. The van der Waals surface area contributed by atoms with E-state index in [2.05, 4.69) is 15.8 Å². The molecule has 2 N–H and O–H groups in total. The molecule has 0 saturated heterocycles. The monoisotopic (exact) mass is 360 g/mol. The van der Waals surface area contributed by atoms with Gasteiger partial charge >= 0.3 is 6.03 Å². The molecule has 1 aromatic rings. The molecule has 0 heterocycles. The number of carbonyl (C=O) groups excluding carboxylic acids is 3. The van der Waals surface area contributed by atoms with Crippen LogP contribution in [0.1, 0.15) is 13.3 Å². The predicted octanol–water partition coefficient (Wildman–Crippen LogP) is 2.01. The third kappa shape index (κ3) is 7.16. The highest BCUT2D eigenvalue weighted by molar-refractivity contribution is 6.07. The molecule has 8 heteroatoms. The molecule has 1 aromatic carbocycles. The van der Waals surface area contributed by atoms with Crippen molar-refractivity contribution in [3.8, 4) is 0 Å². The Bertz CT molecular complexity index is 684. The maximum Gasteiger partial charge on any atom is 0.339 e. The Labute approximate surface area is 152 Å². The van der Waals surface area contributed by atoms with Crippen LogP contribution in [0.4, 0.5) is 10.5 Å². The van der Waals surface area contributed by atoms with E-state index in [9.17, 15) is 14.4 Å². The van der Waals surface area contributed by atoms with Crippen molar-refractivity contribution in [2.75, 3.05) is 26.5 Å². The van der Waals surface area contributed by atoms with Crippen molar-refractivity contribution in [1.82, 2.24) is 10.3 Å². The first-order valence-corrected chi connectivity index (χ1v) is 7.94. The third-order valence-electron chi connectivity index (χ3n) is 3.40. The van der Waals surface area contributed by atoms with Gasteiger partial charge in [0.05, 0.1) is 19.3 Å². The second kappa shape index (κ2) is 10.7. The van der Waals surface area contributed by atoms with E-state index >= 15 is 0 Å². The molecule has 0 aliphatic carbocycles. The lowest BCUT2D eigenvalue weighted by Crippen LogP contribution is -2.36. The van der Waals surface area contributed by atoms with E-state index in [1.165, 1.54) is 24.3 Å². The van der Waals surface area contributed by atoms with Gasteiger partial charge in [0, 0.05) is 38.0 Å². The first kappa shape index (κ1) is 20.9. The Morgan fingerprint density at radius 2 is 1.88 bits per heavy atom. The smallest absolute Gasteiger partial charge is 0.339 e. The summed E-state index contributed by atoms with van der Waals surface area (Å²) in [6.45, 7) is 1.59. The van der Waals surface area contributed by atoms with E-state index in [0.717, 1.165) is 0 Å². The molecule has 3 amide bonds. The quantitative estimate of drug-likeness (QED) is 0.320. The van der Waals surface area contributed by atoms with Crippen molar-refractivity contribution in [3.05, 3.63) is 42.7 Å². The topological polar surface area (TPSA) is 100 Å². The van der Waals surface area contributed by atoms with E-state index in [4.69, 9.17) is 4.74 Å². The molecule has 0 aromatic heterocycles. The predicted molar refractivity (Wildman–Crippen MR) is 99.7 cm³/mol. The number of hydrazone groups is 1. The highest BCUT2D eigenvalue weighted by Gasteiger charge is 2.25.